The van der Waals surface area contributed by atoms with E-state index in [1.807, 2.05) is 12.1 Å². The first-order chi connectivity index (χ1) is 9.93. The molecule has 1 aromatic carbocycles. The number of benzene rings is 1. The van der Waals surface area contributed by atoms with Gasteiger partial charge < -0.3 is 14.7 Å². The molecule has 1 amide bonds. The summed E-state index contributed by atoms with van der Waals surface area (Å²) in [5.74, 6) is 0.358. The van der Waals surface area contributed by atoms with Gasteiger partial charge in [0.1, 0.15) is 0 Å². The Labute approximate surface area is 127 Å². The second kappa shape index (κ2) is 8.60. The molecule has 0 aliphatic heterocycles. The second-order valence-corrected chi connectivity index (χ2v) is 5.48. The molecule has 0 aliphatic rings. The molecule has 1 unspecified atom stereocenters. The van der Waals surface area contributed by atoms with E-state index in [2.05, 4.69) is 26.0 Å². The Morgan fingerprint density at radius 2 is 1.95 bits per heavy atom. The number of amides is 1. The third kappa shape index (κ3) is 6.10. The molecule has 0 saturated carbocycles. The van der Waals surface area contributed by atoms with Crippen molar-refractivity contribution in [2.75, 3.05) is 27.3 Å². The zero-order valence-electron chi connectivity index (χ0n) is 13.2. The largest absolute Gasteiger partial charge is 0.389 e. The van der Waals surface area contributed by atoms with Crippen molar-refractivity contribution in [3.05, 3.63) is 41.5 Å². The predicted molar refractivity (Wildman–Crippen MR) is 85.1 cm³/mol. The number of rotatable bonds is 7. The summed E-state index contributed by atoms with van der Waals surface area (Å²) < 4.78 is 4.84. The molecule has 4 nitrogen and oxygen atoms in total. The molecule has 0 heterocycles. The Kier molecular flexibility index (Phi) is 7.12. The number of aliphatic hydroxyl groups is 1. The number of likely N-dealkylation sites (N-methyl/N-ethyl adjacent to an activating group) is 1. The highest BCUT2D eigenvalue weighted by molar-refractivity contribution is 5.91. The molecule has 0 aromatic heterocycles. The lowest BCUT2D eigenvalue weighted by molar-refractivity contribution is -0.126. The minimum absolute atomic E-state index is 0.141. The molecule has 1 atom stereocenters. The highest BCUT2D eigenvalue weighted by Gasteiger charge is 2.11. The van der Waals surface area contributed by atoms with Crippen LogP contribution in [0.3, 0.4) is 0 Å². The molecule has 0 aliphatic carbocycles. The van der Waals surface area contributed by atoms with Crippen molar-refractivity contribution in [3.63, 3.8) is 0 Å². The second-order valence-electron chi connectivity index (χ2n) is 5.48. The van der Waals surface area contributed by atoms with Crippen molar-refractivity contribution in [2.45, 2.75) is 25.9 Å². The van der Waals surface area contributed by atoms with Gasteiger partial charge in [0.25, 0.3) is 0 Å². The zero-order valence-corrected chi connectivity index (χ0v) is 13.2. The van der Waals surface area contributed by atoms with E-state index in [0.29, 0.717) is 5.92 Å². The van der Waals surface area contributed by atoms with Gasteiger partial charge in [-0.15, -0.1) is 0 Å². The molecule has 0 bridgehead atoms. The van der Waals surface area contributed by atoms with E-state index in [1.165, 1.54) is 23.6 Å². The number of ether oxygens (including phenoxy) is 1. The van der Waals surface area contributed by atoms with E-state index in [4.69, 9.17) is 4.74 Å². The smallest absolute Gasteiger partial charge is 0.246 e. The van der Waals surface area contributed by atoms with Gasteiger partial charge in [-0.25, -0.2) is 0 Å². The van der Waals surface area contributed by atoms with Gasteiger partial charge in [-0.05, 0) is 23.1 Å². The molecule has 0 spiro atoms. The number of hydrogen-bond acceptors (Lipinski definition) is 3. The minimum Gasteiger partial charge on any atom is -0.389 e. The number of carbonyl (C=O) groups excluding carboxylic acids is 1. The Hall–Kier alpha value is -1.65. The average molecular weight is 291 g/mol. The topological polar surface area (TPSA) is 49.8 Å². The summed E-state index contributed by atoms with van der Waals surface area (Å²) in [6, 6.07) is 8.14. The first kappa shape index (κ1) is 17.4. The fraction of sp³-hybridized carbons (Fsp3) is 0.471. The lowest BCUT2D eigenvalue weighted by atomic mass is 10.0. The van der Waals surface area contributed by atoms with Crippen LogP contribution in [0.25, 0.3) is 6.08 Å². The van der Waals surface area contributed by atoms with Crippen molar-refractivity contribution < 1.29 is 14.6 Å². The van der Waals surface area contributed by atoms with Gasteiger partial charge in [0.05, 0.1) is 12.7 Å². The van der Waals surface area contributed by atoms with E-state index < -0.39 is 6.10 Å². The van der Waals surface area contributed by atoms with Crippen molar-refractivity contribution in [2.24, 2.45) is 0 Å². The zero-order chi connectivity index (χ0) is 15.8. The highest BCUT2D eigenvalue weighted by atomic mass is 16.5. The lowest BCUT2D eigenvalue weighted by Gasteiger charge is -2.18. The summed E-state index contributed by atoms with van der Waals surface area (Å²) in [7, 11) is 3.18. The van der Waals surface area contributed by atoms with Crippen molar-refractivity contribution in [1.29, 1.82) is 0 Å². The summed E-state index contributed by atoms with van der Waals surface area (Å²) in [6.45, 7) is 4.77. The summed E-state index contributed by atoms with van der Waals surface area (Å²) in [5, 5.41) is 9.59. The first-order valence-electron chi connectivity index (χ1n) is 7.14. The molecule has 1 aromatic rings. The highest BCUT2D eigenvalue weighted by Crippen LogP contribution is 2.15. The van der Waals surface area contributed by atoms with Gasteiger partial charge in [-0.1, -0.05) is 38.1 Å². The van der Waals surface area contributed by atoms with Gasteiger partial charge in [0, 0.05) is 26.8 Å². The van der Waals surface area contributed by atoms with Crippen LogP contribution in [-0.2, 0) is 9.53 Å². The molecule has 0 fully saturated rings. The number of aliphatic hydroxyl groups excluding tert-OH is 1. The fourth-order valence-corrected chi connectivity index (χ4v) is 1.94. The molecular formula is C17H25NO3. The van der Waals surface area contributed by atoms with Gasteiger partial charge in [0.2, 0.25) is 5.91 Å². The summed E-state index contributed by atoms with van der Waals surface area (Å²) in [6.07, 6.45) is 2.64. The Morgan fingerprint density at radius 3 is 2.48 bits per heavy atom. The average Bonchev–Trinajstić information content (AvgIpc) is 2.45. The van der Waals surface area contributed by atoms with Gasteiger partial charge in [0.15, 0.2) is 0 Å². The Morgan fingerprint density at radius 1 is 1.33 bits per heavy atom. The lowest BCUT2D eigenvalue weighted by Crippen LogP contribution is -2.35. The van der Waals surface area contributed by atoms with Gasteiger partial charge in [-0.2, -0.15) is 0 Å². The van der Waals surface area contributed by atoms with E-state index in [0.717, 1.165) is 5.56 Å². The monoisotopic (exact) mass is 291 g/mol. The van der Waals surface area contributed by atoms with E-state index in [-0.39, 0.29) is 19.1 Å². The summed E-state index contributed by atoms with van der Waals surface area (Å²) in [4.78, 5) is 13.4. The van der Waals surface area contributed by atoms with Gasteiger partial charge >= 0.3 is 0 Å². The van der Waals surface area contributed by atoms with E-state index in [1.54, 1.807) is 13.1 Å². The molecule has 4 heteroatoms. The van der Waals surface area contributed by atoms with Crippen molar-refractivity contribution >= 4 is 12.0 Å². The van der Waals surface area contributed by atoms with Crippen LogP contribution >= 0.6 is 0 Å². The van der Waals surface area contributed by atoms with Crippen LogP contribution in [0.2, 0.25) is 0 Å². The SMILES string of the molecule is COCC(O)CN(C)C(=O)C=Cc1ccc(C(C)C)cc1. The quantitative estimate of drug-likeness (QED) is 0.784. The third-order valence-corrected chi connectivity index (χ3v) is 3.24. The number of hydrogen-bond donors (Lipinski definition) is 1. The van der Waals surface area contributed by atoms with E-state index >= 15 is 0 Å². The van der Waals surface area contributed by atoms with Crippen LogP contribution in [0.1, 0.15) is 30.9 Å². The Balaban J connectivity index is 2.56. The molecular weight excluding hydrogens is 266 g/mol. The maximum absolute atomic E-state index is 11.9. The van der Waals surface area contributed by atoms with Crippen LogP contribution in [0, 0.1) is 0 Å². The standard InChI is InChI=1S/C17H25NO3/c1-13(2)15-8-5-14(6-9-15)7-10-17(20)18(3)11-16(19)12-21-4/h5-10,13,16,19H,11-12H2,1-4H3. The molecule has 0 radical (unpaired) electrons. The molecule has 1 N–H and O–H groups in total. The maximum Gasteiger partial charge on any atom is 0.246 e. The van der Waals surface area contributed by atoms with Crippen LogP contribution in [0.4, 0.5) is 0 Å². The van der Waals surface area contributed by atoms with Gasteiger partial charge in [-0.3, -0.25) is 4.79 Å². The molecule has 116 valence electrons. The summed E-state index contributed by atoms with van der Waals surface area (Å²) in [5.41, 5.74) is 2.26. The van der Waals surface area contributed by atoms with Crippen LogP contribution < -0.4 is 0 Å². The third-order valence-electron chi connectivity index (χ3n) is 3.24. The molecule has 1 rings (SSSR count). The number of methoxy groups -OCH3 is 1. The predicted octanol–water partition coefficient (Wildman–Crippen LogP) is 2.29. The van der Waals surface area contributed by atoms with E-state index in [9.17, 15) is 9.90 Å². The molecule has 21 heavy (non-hydrogen) atoms. The van der Waals surface area contributed by atoms with Crippen molar-refractivity contribution in [3.8, 4) is 0 Å². The first-order valence-corrected chi connectivity index (χ1v) is 7.14. The maximum atomic E-state index is 11.9. The van der Waals surface area contributed by atoms with Crippen LogP contribution in [-0.4, -0.2) is 49.3 Å². The van der Waals surface area contributed by atoms with Crippen molar-refractivity contribution in [1.82, 2.24) is 4.90 Å². The fourth-order valence-electron chi connectivity index (χ4n) is 1.94. The van der Waals surface area contributed by atoms with Crippen LogP contribution in [0.15, 0.2) is 30.3 Å². The molecule has 0 saturated heterocycles. The Bertz CT molecular complexity index is 465. The number of carbonyl (C=O) groups is 1. The summed E-state index contributed by atoms with van der Waals surface area (Å²) >= 11 is 0. The normalized spacial score (nSPS) is 12.9. The number of nitrogens with zero attached hydrogens (tertiary/aromatic N) is 1. The minimum atomic E-state index is -0.664. The van der Waals surface area contributed by atoms with Crippen LogP contribution in [0.5, 0.6) is 0 Å².